The number of ether oxygens (including phenoxy) is 1. The van der Waals surface area contributed by atoms with Crippen LogP contribution < -0.4 is 10.6 Å². The molecule has 0 saturated carbocycles. The van der Waals surface area contributed by atoms with Crippen molar-refractivity contribution in [3.05, 3.63) is 29.8 Å². The van der Waals surface area contributed by atoms with Crippen molar-refractivity contribution >= 4 is 11.6 Å². The molecule has 1 saturated heterocycles. The molecular formula is C16H24N2O2. The first-order valence-corrected chi connectivity index (χ1v) is 7.45. The van der Waals surface area contributed by atoms with E-state index in [4.69, 9.17) is 4.74 Å². The van der Waals surface area contributed by atoms with E-state index in [1.807, 2.05) is 24.3 Å². The Labute approximate surface area is 120 Å². The fourth-order valence-corrected chi connectivity index (χ4v) is 2.46. The Hall–Kier alpha value is -1.55. The number of carbonyl (C=O) groups is 1. The van der Waals surface area contributed by atoms with Crippen molar-refractivity contribution in [3.63, 3.8) is 0 Å². The van der Waals surface area contributed by atoms with Gasteiger partial charge >= 0.3 is 0 Å². The normalized spacial score (nSPS) is 21.7. The van der Waals surface area contributed by atoms with Crippen LogP contribution in [0.1, 0.15) is 37.0 Å². The topological polar surface area (TPSA) is 50.4 Å². The average Bonchev–Trinajstić information content (AvgIpc) is 2.88. The van der Waals surface area contributed by atoms with Crippen molar-refractivity contribution in [2.75, 3.05) is 25.0 Å². The van der Waals surface area contributed by atoms with Crippen LogP contribution in [0.5, 0.6) is 0 Å². The molecule has 0 bridgehead atoms. The highest BCUT2D eigenvalue weighted by Gasteiger charge is 2.24. The first-order valence-electron chi connectivity index (χ1n) is 7.45. The molecule has 4 heteroatoms. The number of anilines is 1. The largest absolute Gasteiger partial charge is 0.384 e. The minimum absolute atomic E-state index is 0.0108. The lowest BCUT2D eigenvalue weighted by Crippen LogP contribution is -2.32. The van der Waals surface area contributed by atoms with Gasteiger partial charge < -0.3 is 15.4 Å². The van der Waals surface area contributed by atoms with Gasteiger partial charge in [-0.3, -0.25) is 4.79 Å². The van der Waals surface area contributed by atoms with Gasteiger partial charge in [-0.25, -0.2) is 0 Å². The van der Waals surface area contributed by atoms with Gasteiger partial charge in [-0.1, -0.05) is 19.1 Å². The second-order valence-corrected chi connectivity index (χ2v) is 5.31. The van der Waals surface area contributed by atoms with Crippen molar-refractivity contribution in [2.24, 2.45) is 5.92 Å². The summed E-state index contributed by atoms with van der Waals surface area (Å²) in [6, 6.07) is 7.66. The molecule has 0 spiro atoms. The molecule has 1 aromatic rings. The van der Waals surface area contributed by atoms with Gasteiger partial charge in [-0.2, -0.15) is 0 Å². The van der Waals surface area contributed by atoms with E-state index >= 15 is 0 Å². The van der Waals surface area contributed by atoms with Crippen LogP contribution in [-0.2, 0) is 4.74 Å². The van der Waals surface area contributed by atoms with Crippen LogP contribution in [0, 0.1) is 5.92 Å². The molecule has 2 unspecified atom stereocenters. The van der Waals surface area contributed by atoms with Gasteiger partial charge in [0, 0.05) is 31.3 Å². The Bertz CT molecular complexity index is 448. The SMILES string of the molecule is CCCNc1ccccc1C(=O)NCC1CCOC1C. The summed E-state index contributed by atoms with van der Waals surface area (Å²) in [6.07, 6.45) is 2.30. The average molecular weight is 276 g/mol. The van der Waals surface area contributed by atoms with E-state index in [2.05, 4.69) is 24.5 Å². The number of carbonyl (C=O) groups excluding carboxylic acids is 1. The minimum Gasteiger partial charge on any atom is -0.384 e. The molecular weight excluding hydrogens is 252 g/mol. The van der Waals surface area contributed by atoms with Crippen molar-refractivity contribution in [1.82, 2.24) is 5.32 Å². The Morgan fingerprint density at radius 2 is 2.20 bits per heavy atom. The van der Waals surface area contributed by atoms with Crippen LogP contribution in [0.2, 0.25) is 0 Å². The zero-order chi connectivity index (χ0) is 14.4. The minimum atomic E-state index is -0.0108. The Morgan fingerprint density at radius 1 is 1.40 bits per heavy atom. The summed E-state index contributed by atoms with van der Waals surface area (Å²) in [6.45, 7) is 6.54. The first kappa shape index (κ1) is 14.9. The van der Waals surface area contributed by atoms with Gasteiger partial charge in [0.15, 0.2) is 0 Å². The summed E-state index contributed by atoms with van der Waals surface area (Å²) < 4.78 is 5.52. The second kappa shape index (κ2) is 7.29. The maximum absolute atomic E-state index is 12.3. The Kier molecular flexibility index (Phi) is 5.41. The molecule has 20 heavy (non-hydrogen) atoms. The van der Waals surface area contributed by atoms with E-state index in [1.165, 1.54) is 0 Å². The van der Waals surface area contributed by atoms with E-state index in [1.54, 1.807) is 0 Å². The van der Waals surface area contributed by atoms with Crippen LogP contribution in [0.15, 0.2) is 24.3 Å². The first-order chi connectivity index (χ1) is 9.72. The Balaban J connectivity index is 1.94. The number of nitrogens with one attached hydrogen (secondary N) is 2. The molecule has 1 heterocycles. The van der Waals surface area contributed by atoms with Crippen LogP contribution in [0.3, 0.4) is 0 Å². The number of benzene rings is 1. The van der Waals surface area contributed by atoms with Crippen LogP contribution in [0.25, 0.3) is 0 Å². The van der Waals surface area contributed by atoms with E-state index in [0.29, 0.717) is 18.0 Å². The molecule has 110 valence electrons. The van der Waals surface area contributed by atoms with Gasteiger partial charge in [-0.15, -0.1) is 0 Å². The highest BCUT2D eigenvalue weighted by Crippen LogP contribution is 2.20. The quantitative estimate of drug-likeness (QED) is 0.840. The van der Waals surface area contributed by atoms with Crippen molar-refractivity contribution in [3.8, 4) is 0 Å². The van der Waals surface area contributed by atoms with Crippen molar-refractivity contribution < 1.29 is 9.53 Å². The zero-order valence-corrected chi connectivity index (χ0v) is 12.3. The smallest absolute Gasteiger partial charge is 0.253 e. The summed E-state index contributed by atoms with van der Waals surface area (Å²) in [5, 5.41) is 6.32. The molecule has 0 radical (unpaired) electrons. The fraction of sp³-hybridized carbons (Fsp3) is 0.562. The molecule has 2 N–H and O–H groups in total. The molecule has 1 aromatic carbocycles. The molecule has 0 aromatic heterocycles. The van der Waals surface area contributed by atoms with E-state index in [0.717, 1.165) is 31.7 Å². The summed E-state index contributed by atoms with van der Waals surface area (Å²) in [5.74, 6) is 0.415. The van der Waals surface area contributed by atoms with Gasteiger partial charge in [0.2, 0.25) is 0 Å². The van der Waals surface area contributed by atoms with Gasteiger partial charge in [0.05, 0.1) is 11.7 Å². The standard InChI is InChI=1S/C16H24N2O2/c1-3-9-17-15-7-5-4-6-14(15)16(19)18-11-13-8-10-20-12(13)2/h4-7,12-13,17H,3,8-11H2,1-2H3,(H,18,19). The maximum Gasteiger partial charge on any atom is 0.253 e. The Morgan fingerprint density at radius 3 is 2.90 bits per heavy atom. The summed E-state index contributed by atoms with van der Waals surface area (Å²) in [7, 11) is 0. The fourth-order valence-electron chi connectivity index (χ4n) is 2.46. The highest BCUT2D eigenvalue weighted by atomic mass is 16.5. The molecule has 0 aliphatic carbocycles. The number of amides is 1. The van der Waals surface area contributed by atoms with E-state index in [-0.39, 0.29) is 12.0 Å². The summed E-state index contributed by atoms with van der Waals surface area (Å²) in [4.78, 5) is 12.3. The number of rotatable bonds is 6. The van der Waals surface area contributed by atoms with Crippen molar-refractivity contribution in [2.45, 2.75) is 32.8 Å². The van der Waals surface area contributed by atoms with Crippen LogP contribution in [0.4, 0.5) is 5.69 Å². The van der Waals surface area contributed by atoms with Gasteiger partial charge in [0.25, 0.3) is 5.91 Å². The third-order valence-electron chi connectivity index (χ3n) is 3.80. The number of hydrogen-bond acceptors (Lipinski definition) is 3. The molecule has 4 nitrogen and oxygen atoms in total. The second-order valence-electron chi connectivity index (χ2n) is 5.31. The molecule has 1 fully saturated rings. The zero-order valence-electron chi connectivity index (χ0n) is 12.3. The molecule has 1 aliphatic heterocycles. The molecule has 2 atom stereocenters. The predicted molar refractivity (Wildman–Crippen MR) is 81.1 cm³/mol. The predicted octanol–water partition coefficient (Wildman–Crippen LogP) is 2.66. The lowest BCUT2D eigenvalue weighted by atomic mass is 10.0. The summed E-state index contributed by atoms with van der Waals surface area (Å²) >= 11 is 0. The molecule has 1 aliphatic rings. The number of para-hydroxylation sites is 1. The summed E-state index contributed by atoms with van der Waals surface area (Å²) in [5.41, 5.74) is 1.62. The number of hydrogen-bond donors (Lipinski definition) is 2. The van der Waals surface area contributed by atoms with E-state index in [9.17, 15) is 4.79 Å². The van der Waals surface area contributed by atoms with Crippen molar-refractivity contribution in [1.29, 1.82) is 0 Å². The monoisotopic (exact) mass is 276 g/mol. The third-order valence-corrected chi connectivity index (χ3v) is 3.80. The van der Waals surface area contributed by atoms with Crippen LogP contribution >= 0.6 is 0 Å². The van der Waals surface area contributed by atoms with Gasteiger partial charge in [-0.05, 0) is 31.9 Å². The maximum atomic E-state index is 12.3. The van der Waals surface area contributed by atoms with Crippen LogP contribution in [-0.4, -0.2) is 31.7 Å². The lowest BCUT2D eigenvalue weighted by Gasteiger charge is -2.16. The molecule has 2 rings (SSSR count). The molecule has 1 amide bonds. The highest BCUT2D eigenvalue weighted by molar-refractivity contribution is 5.99. The van der Waals surface area contributed by atoms with Gasteiger partial charge in [0.1, 0.15) is 0 Å². The lowest BCUT2D eigenvalue weighted by molar-refractivity contribution is 0.0908. The van der Waals surface area contributed by atoms with E-state index < -0.39 is 0 Å². The third kappa shape index (κ3) is 3.73.